The smallest absolute Gasteiger partial charge is 0.242 e. The minimum Gasteiger partial charge on any atom is -0.354 e. The topological polar surface area (TPSA) is 49.4 Å². The van der Waals surface area contributed by atoms with Crippen molar-refractivity contribution in [1.82, 2.24) is 10.2 Å². The van der Waals surface area contributed by atoms with Crippen molar-refractivity contribution in [2.45, 2.75) is 38.6 Å². The third-order valence-corrected chi connectivity index (χ3v) is 6.06. The van der Waals surface area contributed by atoms with E-state index in [0.717, 1.165) is 12.0 Å². The van der Waals surface area contributed by atoms with Gasteiger partial charge in [-0.15, -0.1) is 11.8 Å². The SMILES string of the molecule is CCCNC(=O)[C@@H](C)N(Cc1ccc(Cl)cc1Cl)C(=O)CSCc1ccc(F)cc1. The summed E-state index contributed by atoms with van der Waals surface area (Å²) in [6, 6.07) is 10.6. The lowest BCUT2D eigenvalue weighted by Gasteiger charge is -2.29. The van der Waals surface area contributed by atoms with E-state index in [9.17, 15) is 14.0 Å². The average Bonchev–Trinajstić information content (AvgIpc) is 2.72. The maximum atomic E-state index is 13.0. The van der Waals surface area contributed by atoms with Gasteiger partial charge in [0.1, 0.15) is 11.9 Å². The molecule has 0 radical (unpaired) electrons. The molecule has 8 heteroatoms. The fourth-order valence-corrected chi connectivity index (χ4v) is 4.07. The molecule has 162 valence electrons. The van der Waals surface area contributed by atoms with Gasteiger partial charge in [-0.25, -0.2) is 4.39 Å². The fraction of sp³-hybridized carbons (Fsp3) is 0.364. The summed E-state index contributed by atoms with van der Waals surface area (Å²) < 4.78 is 13.0. The molecule has 2 aromatic carbocycles. The number of rotatable bonds is 10. The summed E-state index contributed by atoms with van der Waals surface area (Å²) in [5, 5.41) is 3.78. The summed E-state index contributed by atoms with van der Waals surface area (Å²) in [6.07, 6.45) is 0.808. The Morgan fingerprint density at radius 2 is 1.87 bits per heavy atom. The standard InChI is InChI=1S/C22H25Cl2FN2O2S/c1-3-10-26-22(29)15(2)27(12-17-6-7-18(23)11-20(17)24)21(28)14-30-13-16-4-8-19(25)9-5-16/h4-9,11,15H,3,10,12-14H2,1-2H3,(H,26,29)/t15-/m1/s1. The zero-order valence-corrected chi connectivity index (χ0v) is 19.3. The fourth-order valence-electron chi connectivity index (χ4n) is 2.73. The highest BCUT2D eigenvalue weighted by atomic mass is 35.5. The van der Waals surface area contributed by atoms with E-state index in [2.05, 4.69) is 5.32 Å². The molecule has 0 bridgehead atoms. The first-order chi connectivity index (χ1) is 14.3. The molecule has 0 aliphatic rings. The molecule has 30 heavy (non-hydrogen) atoms. The number of hydrogen-bond donors (Lipinski definition) is 1. The summed E-state index contributed by atoms with van der Waals surface area (Å²) in [6.45, 7) is 4.42. The molecule has 0 saturated heterocycles. The molecule has 0 aromatic heterocycles. The number of carbonyl (C=O) groups is 2. The number of nitrogens with one attached hydrogen (secondary N) is 1. The Kier molecular flexibility index (Phi) is 9.95. The molecule has 2 aromatic rings. The number of thioether (sulfide) groups is 1. The lowest BCUT2D eigenvalue weighted by atomic mass is 10.1. The van der Waals surface area contributed by atoms with E-state index in [0.29, 0.717) is 27.9 Å². The van der Waals surface area contributed by atoms with Crippen molar-refractivity contribution < 1.29 is 14.0 Å². The van der Waals surface area contributed by atoms with Crippen LogP contribution in [0.2, 0.25) is 10.0 Å². The maximum absolute atomic E-state index is 13.0. The van der Waals surface area contributed by atoms with Gasteiger partial charge in [-0.2, -0.15) is 0 Å². The van der Waals surface area contributed by atoms with Gasteiger partial charge in [-0.05, 0) is 48.7 Å². The number of hydrogen-bond acceptors (Lipinski definition) is 3. The van der Waals surface area contributed by atoms with Crippen LogP contribution in [0, 0.1) is 5.82 Å². The molecule has 2 rings (SSSR count). The Hall–Kier alpha value is -1.76. The summed E-state index contributed by atoms with van der Waals surface area (Å²) in [4.78, 5) is 27.0. The average molecular weight is 471 g/mol. The monoisotopic (exact) mass is 470 g/mol. The van der Waals surface area contributed by atoms with Crippen LogP contribution in [0.4, 0.5) is 4.39 Å². The summed E-state index contributed by atoms with van der Waals surface area (Å²) in [7, 11) is 0. The third kappa shape index (κ3) is 7.49. The zero-order chi connectivity index (χ0) is 22.1. The van der Waals surface area contributed by atoms with Crippen molar-refractivity contribution in [3.63, 3.8) is 0 Å². The third-order valence-electron chi connectivity index (χ3n) is 4.48. The molecule has 0 unspecified atom stereocenters. The van der Waals surface area contributed by atoms with Gasteiger partial charge < -0.3 is 10.2 Å². The van der Waals surface area contributed by atoms with Gasteiger partial charge in [0.2, 0.25) is 11.8 Å². The second-order valence-corrected chi connectivity index (χ2v) is 8.67. The van der Waals surface area contributed by atoms with Crippen LogP contribution in [0.15, 0.2) is 42.5 Å². The van der Waals surface area contributed by atoms with E-state index in [1.807, 2.05) is 6.92 Å². The van der Waals surface area contributed by atoms with Crippen molar-refractivity contribution in [2.75, 3.05) is 12.3 Å². The largest absolute Gasteiger partial charge is 0.354 e. The summed E-state index contributed by atoms with van der Waals surface area (Å²) in [5.74, 6) is 0.0789. The van der Waals surface area contributed by atoms with Gasteiger partial charge in [0, 0.05) is 28.9 Å². The predicted molar refractivity (Wildman–Crippen MR) is 122 cm³/mol. The molecular weight excluding hydrogens is 446 g/mol. The van der Waals surface area contributed by atoms with Crippen LogP contribution in [-0.2, 0) is 21.9 Å². The maximum Gasteiger partial charge on any atom is 0.242 e. The Morgan fingerprint density at radius 3 is 2.50 bits per heavy atom. The van der Waals surface area contributed by atoms with Gasteiger partial charge in [-0.1, -0.05) is 48.3 Å². The molecule has 4 nitrogen and oxygen atoms in total. The van der Waals surface area contributed by atoms with E-state index in [4.69, 9.17) is 23.2 Å². The van der Waals surface area contributed by atoms with Crippen LogP contribution >= 0.6 is 35.0 Å². The number of nitrogens with zero attached hydrogens (tertiary/aromatic N) is 1. The van der Waals surface area contributed by atoms with E-state index in [-0.39, 0.29) is 29.9 Å². The van der Waals surface area contributed by atoms with E-state index in [1.54, 1.807) is 37.3 Å². The Labute approximate surface area is 191 Å². The van der Waals surface area contributed by atoms with Crippen LogP contribution < -0.4 is 5.32 Å². The molecule has 1 atom stereocenters. The lowest BCUT2D eigenvalue weighted by Crippen LogP contribution is -2.48. The second kappa shape index (κ2) is 12.2. The minimum absolute atomic E-state index is 0.174. The Morgan fingerprint density at radius 1 is 1.17 bits per heavy atom. The molecule has 2 amide bonds. The molecular formula is C22H25Cl2FN2O2S. The van der Waals surface area contributed by atoms with Crippen LogP contribution in [0.25, 0.3) is 0 Å². The first-order valence-corrected chi connectivity index (χ1v) is 11.6. The molecule has 0 aliphatic carbocycles. The molecule has 0 spiro atoms. The number of carbonyl (C=O) groups excluding carboxylic acids is 2. The van der Waals surface area contributed by atoms with Crippen molar-refractivity contribution >= 4 is 46.8 Å². The Balaban J connectivity index is 2.09. The van der Waals surface area contributed by atoms with Crippen LogP contribution in [0.3, 0.4) is 0 Å². The highest BCUT2D eigenvalue weighted by molar-refractivity contribution is 7.99. The second-order valence-electron chi connectivity index (χ2n) is 6.84. The summed E-state index contributed by atoms with van der Waals surface area (Å²) in [5.41, 5.74) is 1.64. The first-order valence-electron chi connectivity index (χ1n) is 9.65. The van der Waals surface area contributed by atoms with Gasteiger partial charge in [0.05, 0.1) is 5.75 Å². The zero-order valence-electron chi connectivity index (χ0n) is 17.0. The molecule has 0 heterocycles. The Bertz CT molecular complexity index is 865. The highest BCUT2D eigenvalue weighted by Gasteiger charge is 2.26. The van der Waals surface area contributed by atoms with E-state index >= 15 is 0 Å². The van der Waals surface area contributed by atoms with Gasteiger partial charge in [0.25, 0.3) is 0 Å². The van der Waals surface area contributed by atoms with E-state index in [1.165, 1.54) is 28.8 Å². The lowest BCUT2D eigenvalue weighted by molar-refractivity contribution is -0.138. The number of halogens is 3. The van der Waals surface area contributed by atoms with Crippen molar-refractivity contribution in [3.8, 4) is 0 Å². The van der Waals surface area contributed by atoms with Gasteiger partial charge >= 0.3 is 0 Å². The highest BCUT2D eigenvalue weighted by Crippen LogP contribution is 2.24. The first kappa shape index (κ1) is 24.5. The van der Waals surface area contributed by atoms with Crippen LogP contribution in [0.1, 0.15) is 31.4 Å². The molecule has 1 N–H and O–H groups in total. The van der Waals surface area contributed by atoms with Gasteiger partial charge in [0.15, 0.2) is 0 Å². The minimum atomic E-state index is -0.651. The molecule has 0 fully saturated rings. The van der Waals surface area contributed by atoms with Crippen LogP contribution in [-0.4, -0.2) is 35.1 Å². The van der Waals surface area contributed by atoms with Crippen molar-refractivity contribution in [3.05, 3.63) is 69.5 Å². The number of amides is 2. The number of benzene rings is 2. The summed E-state index contributed by atoms with van der Waals surface area (Å²) >= 11 is 13.7. The normalized spacial score (nSPS) is 11.8. The van der Waals surface area contributed by atoms with Crippen molar-refractivity contribution in [1.29, 1.82) is 0 Å². The van der Waals surface area contributed by atoms with E-state index < -0.39 is 6.04 Å². The quantitative estimate of drug-likeness (QED) is 0.511. The van der Waals surface area contributed by atoms with Gasteiger partial charge in [-0.3, -0.25) is 9.59 Å². The van der Waals surface area contributed by atoms with Crippen molar-refractivity contribution in [2.24, 2.45) is 0 Å². The van der Waals surface area contributed by atoms with Crippen LogP contribution in [0.5, 0.6) is 0 Å². The molecule has 0 aliphatic heterocycles. The predicted octanol–water partition coefficient (Wildman–Crippen LogP) is 5.31. The molecule has 0 saturated carbocycles.